The molecule has 2 aromatic rings. The summed E-state index contributed by atoms with van der Waals surface area (Å²) in [6.45, 7) is 9.85. The summed E-state index contributed by atoms with van der Waals surface area (Å²) in [5, 5.41) is 8.30. The first kappa shape index (κ1) is 22.0. The standard InChI is InChI=1S/C25H28N4O2/c1-5-11-22-25(31)28(17-19-12-7-6-8-13-19)23(16-27-18(2)3)20-14-9-10-15-21(20)24(30)29(22)26-4/h6-16,18,27H,4-5,17H2,1-3H3/b22-11-,23-16-. The maximum Gasteiger partial charge on any atom is 0.279 e. The zero-order valence-electron chi connectivity index (χ0n) is 18.2. The van der Waals surface area contributed by atoms with Crippen molar-refractivity contribution in [3.8, 4) is 0 Å². The maximum absolute atomic E-state index is 13.8. The summed E-state index contributed by atoms with van der Waals surface area (Å²) in [4.78, 5) is 28.8. The lowest BCUT2D eigenvalue weighted by molar-refractivity contribution is -0.126. The van der Waals surface area contributed by atoms with Crippen molar-refractivity contribution in [1.29, 1.82) is 0 Å². The summed E-state index contributed by atoms with van der Waals surface area (Å²) < 4.78 is 0. The number of nitrogens with one attached hydrogen (secondary N) is 1. The molecule has 2 amide bonds. The quantitative estimate of drug-likeness (QED) is 0.562. The second-order valence-electron chi connectivity index (χ2n) is 7.53. The summed E-state index contributed by atoms with van der Waals surface area (Å²) >= 11 is 0. The molecule has 0 aromatic heterocycles. The van der Waals surface area contributed by atoms with Gasteiger partial charge in [0.05, 0.1) is 17.8 Å². The number of carbonyl (C=O) groups is 2. The molecule has 6 heteroatoms. The van der Waals surface area contributed by atoms with E-state index >= 15 is 0 Å². The molecule has 0 fully saturated rings. The predicted octanol–water partition coefficient (Wildman–Crippen LogP) is 4.38. The molecule has 3 rings (SSSR count). The van der Waals surface area contributed by atoms with Gasteiger partial charge in [-0.3, -0.25) is 9.59 Å². The van der Waals surface area contributed by atoms with Crippen LogP contribution in [0.4, 0.5) is 0 Å². The minimum atomic E-state index is -0.381. The third kappa shape index (κ3) is 4.74. The molecule has 0 bridgehead atoms. The van der Waals surface area contributed by atoms with Crippen LogP contribution in [0.1, 0.15) is 48.7 Å². The third-order valence-electron chi connectivity index (χ3n) is 4.88. The summed E-state index contributed by atoms with van der Waals surface area (Å²) in [5.41, 5.74) is 2.93. The summed E-state index contributed by atoms with van der Waals surface area (Å²) in [7, 11) is 0. The second kappa shape index (κ2) is 9.89. The van der Waals surface area contributed by atoms with Crippen molar-refractivity contribution in [2.75, 3.05) is 0 Å². The Bertz CT molecular complexity index is 1020. The van der Waals surface area contributed by atoms with E-state index in [1.807, 2.05) is 69.4 Å². The van der Waals surface area contributed by atoms with Crippen LogP contribution in [0.15, 0.2) is 77.7 Å². The number of hydrogen-bond donors (Lipinski definition) is 1. The first-order valence-corrected chi connectivity index (χ1v) is 10.4. The molecular formula is C25H28N4O2. The Morgan fingerprint density at radius 3 is 2.23 bits per heavy atom. The average Bonchev–Trinajstić information content (AvgIpc) is 2.78. The molecule has 0 saturated carbocycles. The van der Waals surface area contributed by atoms with Gasteiger partial charge in [-0.05, 0) is 31.9 Å². The van der Waals surface area contributed by atoms with Gasteiger partial charge >= 0.3 is 0 Å². The molecule has 1 N–H and O–H groups in total. The van der Waals surface area contributed by atoms with E-state index in [1.165, 1.54) is 0 Å². The Labute approximate surface area is 183 Å². The van der Waals surface area contributed by atoms with Crippen LogP contribution in [0, 0.1) is 0 Å². The highest BCUT2D eigenvalue weighted by atomic mass is 16.2. The Balaban J connectivity index is 2.27. The fraction of sp³-hybridized carbons (Fsp3) is 0.240. The van der Waals surface area contributed by atoms with Gasteiger partial charge in [-0.2, -0.15) is 10.1 Å². The zero-order valence-corrected chi connectivity index (χ0v) is 18.2. The van der Waals surface area contributed by atoms with E-state index in [2.05, 4.69) is 17.1 Å². The van der Waals surface area contributed by atoms with Gasteiger partial charge in [0, 0.05) is 24.5 Å². The first-order chi connectivity index (χ1) is 15.0. The van der Waals surface area contributed by atoms with Crippen LogP contribution in [0.5, 0.6) is 0 Å². The topological polar surface area (TPSA) is 65.0 Å². The molecule has 0 spiro atoms. The van der Waals surface area contributed by atoms with Crippen LogP contribution >= 0.6 is 0 Å². The minimum Gasteiger partial charge on any atom is -0.387 e. The molecular weight excluding hydrogens is 388 g/mol. The average molecular weight is 417 g/mol. The molecule has 0 saturated heterocycles. The molecule has 31 heavy (non-hydrogen) atoms. The molecule has 6 nitrogen and oxygen atoms in total. The largest absolute Gasteiger partial charge is 0.387 e. The lowest BCUT2D eigenvalue weighted by Gasteiger charge is -2.33. The lowest BCUT2D eigenvalue weighted by Crippen LogP contribution is -2.41. The monoisotopic (exact) mass is 416 g/mol. The van der Waals surface area contributed by atoms with Crippen molar-refractivity contribution in [2.24, 2.45) is 5.10 Å². The molecule has 0 radical (unpaired) electrons. The highest BCUT2D eigenvalue weighted by Gasteiger charge is 2.35. The van der Waals surface area contributed by atoms with Gasteiger partial charge in [0.15, 0.2) is 0 Å². The van der Waals surface area contributed by atoms with Gasteiger partial charge in [0.2, 0.25) is 0 Å². The van der Waals surface area contributed by atoms with Crippen LogP contribution in [-0.2, 0) is 11.3 Å². The number of benzene rings is 2. The van der Waals surface area contributed by atoms with Gasteiger partial charge < -0.3 is 10.2 Å². The number of nitrogens with zero attached hydrogens (tertiary/aromatic N) is 3. The summed E-state index contributed by atoms with van der Waals surface area (Å²) in [6, 6.07) is 17.2. The van der Waals surface area contributed by atoms with E-state index in [1.54, 1.807) is 23.1 Å². The Morgan fingerprint density at radius 1 is 0.968 bits per heavy atom. The minimum absolute atomic E-state index is 0.159. The molecule has 1 aliphatic heterocycles. The summed E-state index contributed by atoms with van der Waals surface area (Å²) in [6.07, 6.45) is 4.11. The number of allylic oxidation sites excluding steroid dienone is 1. The SMILES string of the molecule is C=NN1C(=O)c2ccccc2/C(=C/NC(C)C)N(Cc2ccccc2)C(=O)/C1=C/CC. The van der Waals surface area contributed by atoms with E-state index in [0.29, 0.717) is 29.8 Å². The number of rotatable bonds is 6. The second-order valence-corrected chi connectivity index (χ2v) is 7.53. The smallest absolute Gasteiger partial charge is 0.279 e. The highest BCUT2D eigenvalue weighted by Crippen LogP contribution is 2.31. The van der Waals surface area contributed by atoms with Crippen molar-refractivity contribution in [3.05, 3.63) is 89.3 Å². The van der Waals surface area contributed by atoms with E-state index in [4.69, 9.17) is 0 Å². The van der Waals surface area contributed by atoms with Crippen LogP contribution in [-0.4, -0.2) is 34.5 Å². The van der Waals surface area contributed by atoms with Gasteiger partial charge in [-0.25, -0.2) is 0 Å². The zero-order chi connectivity index (χ0) is 22.4. The molecule has 1 heterocycles. The van der Waals surface area contributed by atoms with Crippen LogP contribution in [0.2, 0.25) is 0 Å². The molecule has 0 atom stereocenters. The fourth-order valence-electron chi connectivity index (χ4n) is 3.43. The Hall–Kier alpha value is -3.67. The maximum atomic E-state index is 13.8. The van der Waals surface area contributed by atoms with E-state index < -0.39 is 0 Å². The molecule has 2 aromatic carbocycles. The van der Waals surface area contributed by atoms with Crippen LogP contribution < -0.4 is 5.32 Å². The van der Waals surface area contributed by atoms with E-state index in [0.717, 1.165) is 10.6 Å². The number of amides is 2. The number of hydrogen-bond acceptors (Lipinski definition) is 4. The molecule has 160 valence electrons. The third-order valence-corrected chi connectivity index (χ3v) is 4.88. The van der Waals surface area contributed by atoms with E-state index in [9.17, 15) is 9.59 Å². The van der Waals surface area contributed by atoms with Gasteiger partial charge in [0.25, 0.3) is 11.8 Å². The first-order valence-electron chi connectivity index (χ1n) is 10.4. The number of hydrazone groups is 1. The van der Waals surface area contributed by atoms with Crippen molar-refractivity contribution in [2.45, 2.75) is 39.8 Å². The molecule has 1 aliphatic rings. The molecule has 0 unspecified atom stereocenters. The van der Waals surface area contributed by atoms with Crippen LogP contribution in [0.3, 0.4) is 0 Å². The van der Waals surface area contributed by atoms with Crippen molar-refractivity contribution >= 4 is 24.2 Å². The van der Waals surface area contributed by atoms with Gasteiger partial charge in [-0.1, -0.05) is 61.5 Å². The Morgan fingerprint density at radius 2 is 1.61 bits per heavy atom. The highest BCUT2D eigenvalue weighted by molar-refractivity contribution is 6.09. The van der Waals surface area contributed by atoms with Gasteiger partial charge in [0.1, 0.15) is 5.70 Å². The van der Waals surface area contributed by atoms with Crippen molar-refractivity contribution < 1.29 is 9.59 Å². The normalized spacial score (nSPS) is 17.0. The van der Waals surface area contributed by atoms with Gasteiger partial charge in [-0.15, -0.1) is 0 Å². The number of fused-ring (bicyclic) bond motifs is 1. The lowest BCUT2D eigenvalue weighted by atomic mass is 10.00. The Kier molecular flexibility index (Phi) is 7.03. The molecule has 0 aliphatic carbocycles. The fourth-order valence-corrected chi connectivity index (χ4v) is 3.43. The summed E-state index contributed by atoms with van der Waals surface area (Å²) in [5.74, 6) is -0.689. The van der Waals surface area contributed by atoms with Crippen LogP contribution in [0.25, 0.3) is 5.70 Å². The van der Waals surface area contributed by atoms with E-state index in [-0.39, 0.29) is 23.6 Å². The number of carbonyl (C=O) groups excluding carboxylic acids is 2. The van der Waals surface area contributed by atoms with Crippen molar-refractivity contribution in [3.63, 3.8) is 0 Å². The van der Waals surface area contributed by atoms with Crippen molar-refractivity contribution in [1.82, 2.24) is 15.2 Å². The predicted molar refractivity (Wildman–Crippen MR) is 124 cm³/mol.